The molecule has 0 saturated heterocycles. The molecule has 0 aromatic carbocycles. The van der Waals surface area contributed by atoms with E-state index in [4.69, 9.17) is 10.7 Å². The van der Waals surface area contributed by atoms with Gasteiger partial charge >= 0.3 is 0 Å². The maximum absolute atomic E-state index is 5.78. The van der Waals surface area contributed by atoms with Gasteiger partial charge in [-0.05, 0) is 5.25 Å². The molecule has 0 saturated carbocycles. The van der Waals surface area contributed by atoms with Gasteiger partial charge in [-0.25, -0.2) is 4.98 Å². The molecule has 2 nitrogen and oxygen atoms in total. The fourth-order valence-electron chi connectivity index (χ4n) is 1.42. The number of aromatic nitrogens is 1. The molecule has 0 atom stereocenters. The molecular formula is C12H22N2S2. The zero-order valence-corrected chi connectivity index (χ0v) is 12.5. The van der Waals surface area contributed by atoms with Gasteiger partial charge < -0.3 is 5.73 Å². The van der Waals surface area contributed by atoms with E-state index in [-0.39, 0.29) is 5.41 Å². The predicted octanol–water partition coefficient (Wildman–Crippen LogP) is 3.54. The summed E-state index contributed by atoms with van der Waals surface area (Å²) in [7, 11) is 0. The molecule has 0 aliphatic heterocycles. The second kappa shape index (κ2) is 5.52. The van der Waals surface area contributed by atoms with Crippen molar-refractivity contribution < 1.29 is 0 Å². The summed E-state index contributed by atoms with van der Waals surface area (Å²) >= 11 is 3.71. The number of rotatable bonds is 4. The maximum atomic E-state index is 5.78. The minimum atomic E-state index is 0.103. The quantitative estimate of drug-likeness (QED) is 0.898. The van der Waals surface area contributed by atoms with Gasteiger partial charge in [-0.3, -0.25) is 0 Å². The van der Waals surface area contributed by atoms with E-state index >= 15 is 0 Å². The molecule has 0 aliphatic rings. The van der Waals surface area contributed by atoms with Crippen molar-refractivity contribution in [1.29, 1.82) is 0 Å². The molecule has 2 N–H and O–H groups in total. The molecule has 0 spiro atoms. The van der Waals surface area contributed by atoms with Crippen LogP contribution in [0.3, 0.4) is 0 Å². The van der Waals surface area contributed by atoms with Gasteiger partial charge in [0.05, 0.1) is 5.69 Å². The zero-order valence-electron chi connectivity index (χ0n) is 10.8. The number of nitrogens with zero attached hydrogens (tertiary/aromatic N) is 1. The minimum Gasteiger partial charge on any atom is -0.326 e. The largest absolute Gasteiger partial charge is 0.326 e. The van der Waals surface area contributed by atoms with Crippen molar-refractivity contribution in [2.24, 2.45) is 5.73 Å². The number of thiazole rings is 1. The topological polar surface area (TPSA) is 38.9 Å². The molecule has 0 fully saturated rings. The summed E-state index contributed by atoms with van der Waals surface area (Å²) in [6.45, 7) is 11.6. The zero-order chi connectivity index (χ0) is 12.3. The Morgan fingerprint density at radius 2 is 2.00 bits per heavy atom. The molecule has 4 heteroatoms. The van der Waals surface area contributed by atoms with Gasteiger partial charge in [-0.2, -0.15) is 11.8 Å². The monoisotopic (exact) mass is 258 g/mol. The summed E-state index contributed by atoms with van der Waals surface area (Å²) in [6.07, 6.45) is 0. The van der Waals surface area contributed by atoms with Crippen molar-refractivity contribution in [2.45, 2.75) is 57.6 Å². The molecule has 0 unspecified atom stereocenters. The van der Waals surface area contributed by atoms with Gasteiger partial charge in [-0.1, -0.05) is 34.6 Å². The lowest BCUT2D eigenvalue weighted by molar-refractivity contribution is 0.565. The Hall–Kier alpha value is -0.0600. The van der Waals surface area contributed by atoms with Gasteiger partial charge in [0.15, 0.2) is 0 Å². The smallest absolute Gasteiger partial charge is 0.103 e. The summed E-state index contributed by atoms with van der Waals surface area (Å²) in [6, 6.07) is 0. The van der Waals surface area contributed by atoms with E-state index < -0.39 is 0 Å². The van der Waals surface area contributed by atoms with Crippen molar-refractivity contribution in [3.63, 3.8) is 0 Å². The van der Waals surface area contributed by atoms with Gasteiger partial charge in [0, 0.05) is 22.6 Å². The number of thioether (sulfide) groups is 1. The highest BCUT2D eigenvalue weighted by atomic mass is 32.2. The van der Waals surface area contributed by atoms with Crippen molar-refractivity contribution in [3.05, 3.63) is 15.6 Å². The summed E-state index contributed by atoms with van der Waals surface area (Å²) in [5, 5.41) is 1.87. The van der Waals surface area contributed by atoms with E-state index in [2.05, 4.69) is 34.6 Å². The van der Waals surface area contributed by atoms with Crippen molar-refractivity contribution in [3.8, 4) is 0 Å². The fraction of sp³-hybridized carbons (Fsp3) is 0.750. The molecule has 16 heavy (non-hydrogen) atoms. The molecular weight excluding hydrogens is 236 g/mol. The Morgan fingerprint density at radius 3 is 2.38 bits per heavy atom. The molecule has 92 valence electrons. The van der Waals surface area contributed by atoms with E-state index in [1.54, 1.807) is 11.3 Å². The summed E-state index contributed by atoms with van der Waals surface area (Å²) < 4.78 is 0. The van der Waals surface area contributed by atoms with Crippen LogP contribution in [0.1, 0.15) is 50.2 Å². The lowest BCUT2D eigenvalue weighted by Crippen LogP contribution is -2.15. The highest BCUT2D eigenvalue weighted by molar-refractivity contribution is 7.99. The summed E-state index contributed by atoms with van der Waals surface area (Å²) in [5.74, 6) is 1.01. The van der Waals surface area contributed by atoms with Crippen LogP contribution in [0.4, 0.5) is 0 Å². The third-order valence-electron chi connectivity index (χ3n) is 2.18. The normalized spacial score (nSPS) is 12.4. The average Bonchev–Trinajstić information content (AvgIpc) is 2.57. The van der Waals surface area contributed by atoms with Crippen LogP contribution >= 0.6 is 23.1 Å². The van der Waals surface area contributed by atoms with Crippen LogP contribution in [0.25, 0.3) is 0 Å². The van der Waals surface area contributed by atoms with Crippen LogP contribution < -0.4 is 5.73 Å². The minimum absolute atomic E-state index is 0.103. The first-order chi connectivity index (χ1) is 7.34. The van der Waals surface area contributed by atoms with Crippen LogP contribution in [-0.2, 0) is 17.7 Å². The molecule has 1 aromatic heterocycles. The number of hydrogen-bond donors (Lipinski definition) is 1. The summed E-state index contributed by atoms with van der Waals surface area (Å²) in [5.41, 5.74) is 7.06. The first kappa shape index (κ1) is 14.0. The van der Waals surface area contributed by atoms with Crippen LogP contribution in [-0.4, -0.2) is 10.2 Å². The van der Waals surface area contributed by atoms with E-state index in [0.717, 1.165) is 5.75 Å². The van der Waals surface area contributed by atoms with Gasteiger partial charge in [0.1, 0.15) is 5.01 Å². The first-order valence-corrected chi connectivity index (χ1v) is 7.52. The Balaban J connectivity index is 2.86. The first-order valence-electron chi connectivity index (χ1n) is 5.65. The molecule has 0 radical (unpaired) electrons. The lowest BCUT2D eigenvalue weighted by atomic mass is 9.91. The highest BCUT2D eigenvalue weighted by Crippen LogP contribution is 2.31. The van der Waals surface area contributed by atoms with E-state index in [9.17, 15) is 0 Å². The molecule has 1 heterocycles. The van der Waals surface area contributed by atoms with Crippen molar-refractivity contribution in [2.75, 3.05) is 0 Å². The van der Waals surface area contributed by atoms with Crippen LogP contribution in [0, 0.1) is 0 Å². The van der Waals surface area contributed by atoms with Crippen LogP contribution in [0.15, 0.2) is 0 Å². The highest BCUT2D eigenvalue weighted by Gasteiger charge is 2.22. The predicted molar refractivity (Wildman–Crippen MR) is 75.1 cm³/mol. The van der Waals surface area contributed by atoms with Gasteiger partial charge in [0.2, 0.25) is 0 Å². The molecule has 1 aromatic rings. The second-order valence-electron chi connectivity index (χ2n) is 5.19. The van der Waals surface area contributed by atoms with Crippen molar-refractivity contribution >= 4 is 23.1 Å². The van der Waals surface area contributed by atoms with Gasteiger partial charge in [-0.15, -0.1) is 11.3 Å². The SMILES string of the molecule is CC(C)SCc1nc(C(C)(C)C)c(CN)s1. The molecule has 0 bridgehead atoms. The molecule has 0 amide bonds. The Bertz CT molecular complexity index is 337. The lowest BCUT2D eigenvalue weighted by Gasteiger charge is -2.16. The fourth-order valence-corrected chi connectivity index (χ4v) is 3.36. The van der Waals surface area contributed by atoms with Crippen LogP contribution in [0.2, 0.25) is 0 Å². The Kier molecular flexibility index (Phi) is 4.83. The molecule has 1 rings (SSSR count). The van der Waals surface area contributed by atoms with E-state index in [1.165, 1.54) is 15.6 Å². The Labute approximate surface area is 107 Å². The number of nitrogens with two attached hydrogens (primary N) is 1. The average molecular weight is 258 g/mol. The van der Waals surface area contributed by atoms with E-state index in [1.807, 2.05) is 11.8 Å². The third kappa shape index (κ3) is 3.75. The maximum Gasteiger partial charge on any atom is 0.103 e. The van der Waals surface area contributed by atoms with Crippen molar-refractivity contribution in [1.82, 2.24) is 4.98 Å². The summed E-state index contributed by atoms with van der Waals surface area (Å²) in [4.78, 5) is 5.98. The number of hydrogen-bond acceptors (Lipinski definition) is 4. The third-order valence-corrected chi connectivity index (χ3v) is 4.54. The second-order valence-corrected chi connectivity index (χ2v) is 7.93. The van der Waals surface area contributed by atoms with E-state index in [0.29, 0.717) is 11.8 Å². The van der Waals surface area contributed by atoms with Crippen LogP contribution in [0.5, 0.6) is 0 Å². The van der Waals surface area contributed by atoms with Gasteiger partial charge in [0.25, 0.3) is 0 Å². The Morgan fingerprint density at radius 1 is 1.38 bits per heavy atom. The molecule has 0 aliphatic carbocycles. The standard InChI is InChI=1S/C12H22N2S2/c1-8(2)15-7-10-14-11(12(3,4)5)9(6-13)16-10/h8H,6-7,13H2,1-5H3.